The number of carboxylic acids is 1. The number of nitrogens with one attached hydrogen (secondary N) is 1. The van der Waals surface area contributed by atoms with Gasteiger partial charge in [0, 0.05) is 5.56 Å². The summed E-state index contributed by atoms with van der Waals surface area (Å²) < 4.78 is 0. The smallest absolute Gasteiger partial charge is 0.335 e. The fourth-order valence-electron chi connectivity index (χ4n) is 1.90. The van der Waals surface area contributed by atoms with Crippen molar-refractivity contribution in [2.75, 3.05) is 0 Å². The molecule has 3 N–H and O–H groups in total. The van der Waals surface area contributed by atoms with E-state index in [1.807, 2.05) is 0 Å². The summed E-state index contributed by atoms with van der Waals surface area (Å²) in [5.41, 5.74) is 2.41. The summed E-state index contributed by atoms with van der Waals surface area (Å²) in [4.78, 5) is 18.4. The highest BCUT2D eigenvalue weighted by Crippen LogP contribution is 2.23. The van der Waals surface area contributed by atoms with Crippen LogP contribution in [0, 0.1) is 0 Å². The number of benzene rings is 2. The number of halogens is 1. The van der Waals surface area contributed by atoms with Crippen LogP contribution < -0.4 is 12.4 Å². The van der Waals surface area contributed by atoms with Gasteiger partial charge in [0.15, 0.2) is 0 Å². The number of aromatic hydroxyl groups is 1. The van der Waals surface area contributed by atoms with E-state index >= 15 is 0 Å². The van der Waals surface area contributed by atoms with Crippen LogP contribution in [0.3, 0.4) is 0 Å². The van der Waals surface area contributed by atoms with E-state index in [1.165, 1.54) is 6.07 Å². The van der Waals surface area contributed by atoms with Crippen molar-refractivity contribution in [2.45, 2.75) is 0 Å². The largest absolute Gasteiger partial charge is 1.00 e. The molecule has 5 nitrogen and oxygen atoms in total. The zero-order valence-corrected chi connectivity index (χ0v) is 10.9. The van der Waals surface area contributed by atoms with Crippen molar-refractivity contribution in [1.29, 1.82) is 0 Å². The first-order valence-electron chi connectivity index (χ1n) is 5.66. The molecular weight excluding hydrogens is 280 g/mol. The Balaban J connectivity index is 0.00000147. The number of carboxylic acid groups (broad SMARTS) is 1. The lowest BCUT2D eigenvalue weighted by molar-refractivity contribution is -0.0000204. The third kappa shape index (κ3) is 2.44. The summed E-state index contributed by atoms with van der Waals surface area (Å²) in [5, 5.41) is 18.2. The molecule has 3 rings (SSSR count). The van der Waals surface area contributed by atoms with Crippen LogP contribution in [0.2, 0.25) is 0 Å². The number of imidazole rings is 1. The minimum atomic E-state index is -0.970. The van der Waals surface area contributed by atoms with Gasteiger partial charge in [0.1, 0.15) is 11.6 Å². The van der Waals surface area contributed by atoms with Gasteiger partial charge in [-0.25, -0.2) is 9.78 Å². The highest BCUT2D eigenvalue weighted by molar-refractivity contribution is 5.92. The van der Waals surface area contributed by atoms with Crippen molar-refractivity contribution < 1.29 is 27.4 Å². The van der Waals surface area contributed by atoms with Crippen LogP contribution in [0.1, 0.15) is 10.4 Å². The second kappa shape index (κ2) is 5.22. The molecule has 0 radical (unpaired) electrons. The van der Waals surface area contributed by atoms with E-state index in [2.05, 4.69) is 9.97 Å². The first-order valence-corrected chi connectivity index (χ1v) is 5.66. The second-order valence-corrected chi connectivity index (χ2v) is 4.17. The fraction of sp³-hybridized carbons (Fsp3) is 0. The molecule has 0 spiro atoms. The van der Waals surface area contributed by atoms with Gasteiger partial charge in [-0.05, 0) is 42.5 Å². The van der Waals surface area contributed by atoms with Gasteiger partial charge < -0.3 is 27.6 Å². The van der Waals surface area contributed by atoms with Crippen LogP contribution in [0.25, 0.3) is 22.4 Å². The summed E-state index contributed by atoms with van der Waals surface area (Å²) in [6.07, 6.45) is 0. The van der Waals surface area contributed by atoms with Crippen LogP contribution in [0.5, 0.6) is 5.75 Å². The van der Waals surface area contributed by atoms with Gasteiger partial charge in [0.25, 0.3) is 0 Å². The van der Waals surface area contributed by atoms with Crippen molar-refractivity contribution in [3.05, 3.63) is 48.0 Å². The van der Waals surface area contributed by atoms with Gasteiger partial charge in [-0.15, -0.1) is 0 Å². The molecule has 6 heteroatoms. The van der Waals surface area contributed by atoms with E-state index in [4.69, 9.17) is 5.11 Å². The molecule has 0 aliphatic heterocycles. The fourth-order valence-corrected chi connectivity index (χ4v) is 1.90. The number of carbonyl (C=O) groups is 1. The maximum atomic E-state index is 10.9. The van der Waals surface area contributed by atoms with E-state index in [0.29, 0.717) is 16.9 Å². The van der Waals surface area contributed by atoms with E-state index < -0.39 is 5.97 Å². The van der Waals surface area contributed by atoms with Gasteiger partial charge in [0.05, 0.1) is 16.6 Å². The van der Waals surface area contributed by atoms with E-state index in [1.54, 1.807) is 36.4 Å². The molecule has 0 saturated heterocycles. The third-order valence-electron chi connectivity index (χ3n) is 2.87. The molecule has 1 aromatic heterocycles. The summed E-state index contributed by atoms with van der Waals surface area (Å²) in [6.45, 7) is 0. The minimum Gasteiger partial charge on any atom is -1.00 e. The highest BCUT2D eigenvalue weighted by Gasteiger charge is 2.08. The van der Waals surface area contributed by atoms with E-state index in [-0.39, 0.29) is 23.7 Å². The van der Waals surface area contributed by atoms with Crippen LogP contribution in [0.15, 0.2) is 42.5 Å². The Morgan fingerprint density at radius 3 is 2.45 bits per heavy atom. The maximum Gasteiger partial charge on any atom is 0.335 e. The second-order valence-electron chi connectivity index (χ2n) is 4.17. The number of aromatic carboxylic acids is 1. The maximum absolute atomic E-state index is 10.9. The molecule has 3 aromatic rings. The Morgan fingerprint density at radius 1 is 1.10 bits per heavy atom. The molecule has 1 heterocycles. The first kappa shape index (κ1) is 13.9. The zero-order valence-electron chi connectivity index (χ0n) is 10.2. The quantitative estimate of drug-likeness (QED) is 0.601. The third-order valence-corrected chi connectivity index (χ3v) is 2.87. The van der Waals surface area contributed by atoms with Crippen LogP contribution in [-0.2, 0) is 0 Å². The van der Waals surface area contributed by atoms with Crippen molar-refractivity contribution >= 4 is 17.0 Å². The average Bonchev–Trinajstić information content (AvgIpc) is 2.82. The number of aromatic amines is 1. The number of fused-ring (bicyclic) bond motifs is 1. The highest BCUT2D eigenvalue weighted by atomic mass is 35.5. The predicted molar refractivity (Wildman–Crippen MR) is 70.2 cm³/mol. The standard InChI is InChI=1S/C14H10N2O3.ClH/c17-10-4-1-8(2-5-10)13-15-11-6-3-9(14(18)19)7-12(11)16-13;/h1-7,17H,(H,15,16)(H,18,19);1H/p-1. The minimum absolute atomic E-state index is 0. The molecule has 0 aliphatic rings. The van der Waals surface area contributed by atoms with Crippen LogP contribution >= 0.6 is 0 Å². The Labute approximate surface area is 120 Å². The molecule has 0 aliphatic carbocycles. The molecule has 20 heavy (non-hydrogen) atoms. The van der Waals surface area contributed by atoms with E-state index in [0.717, 1.165) is 5.56 Å². The first-order chi connectivity index (χ1) is 9.13. The van der Waals surface area contributed by atoms with E-state index in [9.17, 15) is 9.90 Å². The normalized spacial score (nSPS) is 10.2. The lowest BCUT2D eigenvalue weighted by Gasteiger charge is -1.96. The predicted octanol–water partition coefficient (Wildman–Crippen LogP) is -0.362. The monoisotopic (exact) mass is 289 g/mol. The van der Waals surface area contributed by atoms with Gasteiger partial charge in [0.2, 0.25) is 0 Å². The molecule has 102 valence electrons. The van der Waals surface area contributed by atoms with Gasteiger partial charge in [-0.2, -0.15) is 0 Å². The molecule has 2 aromatic carbocycles. The molecule has 0 atom stereocenters. The molecular formula is C14H10ClN2O3-. The SMILES string of the molecule is O=C(O)c1ccc2nc(-c3ccc(O)cc3)[nH]c2c1.[Cl-]. The average molecular weight is 290 g/mol. The summed E-state index contributed by atoms with van der Waals surface area (Å²) in [7, 11) is 0. The van der Waals surface area contributed by atoms with Crippen LogP contribution in [0.4, 0.5) is 0 Å². The molecule has 0 bridgehead atoms. The Bertz CT molecular complexity index is 766. The summed E-state index contributed by atoms with van der Waals surface area (Å²) >= 11 is 0. The molecule has 0 fully saturated rings. The molecule has 0 amide bonds. The summed E-state index contributed by atoms with van der Waals surface area (Å²) in [6, 6.07) is 11.4. The molecule has 0 saturated carbocycles. The number of aromatic nitrogens is 2. The van der Waals surface area contributed by atoms with Crippen molar-refractivity contribution in [2.24, 2.45) is 0 Å². The van der Waals surface area contributed by atoms with Crippen molar-refractivity contribution in [3.63, 3.8) is 0 Å². The number of nitrogens with zero attached hydrogens (tertiary/aromatic N) is 1. The van der Waals surface area contributed by atoms with Crippen LogP contribution in [-0.4, -0.2) is 26.2 Å². The topological polar surface area (TPSA) is 86.2 Å². The summed E-state index contributed by atoms with van der Waals surface area (Å²) in [5.74, 6) is -0.145. The number of phenols is 1. The number of H-pyrrole nitrogens is 1. The molecule has 0 unspecified atom stereocenters. The Hall–Kier alpha value is -2.53. The van der Waals surface area contributed by atoms with Gasteiger partial charge in [-0.1, -0.05) is 0 Å². The number of rotatable bonds is 2. The lowest BCUT2D eigenvalue weighted by atomic mass is 10.2. The zero-order chi connectivity index (χ0) is 13.4. The van der Waals surface area contributed by atoms with Gasteiger partial charge in [-0.3, -0.25) is 0 Å². The Kier molecular flexibility index (Phi) is 3.63. The number of hydrogen-bond donors (Lipinski definition) is 3. The van der Waals surface area contributed by atoms with Gasteiger partial charge >= 0.3 is 5.97 Å². The van der Waals surface area contributed by atoms with Crippen molar-refractivity contribution in [3.8, 4) is 17.1 Å². The van der Waals surface area contributed by atoms with Crippen molar-refractivity contribution in [1.82, 2.24) is 9.97 Å². The lowest BCUT2D eigenvalue weighted by Crippen LogP contribution is -3.00. The number of phenolic OH excluding ortho intramolecular Hbond substituents is 1. The number of hydrogen-bond acceptors (Lipinski definition) is 3. The Morgan fingerprint density at radius 2 is 1.80 bits per heavy atom.